The van der Waals surface area contributed by atoms with Gasteiger partial charge in [-0.15, -0.1) is 0 Å². The molecule has 1 unspecified atom stereocenters. The first kappa shape index (κ1) is 31.8. The molecule has 3 aromatic rings. The number of amides is 2. The van der Waals surface area contributed by atoms with Crippen LogP contribution in [0.5, 0.6) is 5.75 Å². The van der Waals surface area contributed by atoms with Crippen molar-refractivity contribution in [1.82, 2.24) is 14.7 Å². The number of ether oxygens (including phenoxy) is 1. The summed E-state index contributed by atoms with van der Waals surface area (Å²) in [5.74, 6) is -0.467. The van der Waals surface area contributed by atoms with Crippen molar-refractivity contribution in [2.75, 3.05) is 45.1 Å². The van der Waals surface area contributed by atoms with Gasteiger partial charge in [-0.05, 0) is 92.9 Å². The van der Waals surface area contributed by atoms with Crippen LogP contribution in [-0.2, 0) is 31.7 Å². The summed E-state index contributed by atoms with van der Waals surface area (Å²) in [7, 11) is 0.473. The molecule has 2 saturated heterocycles. The van der Waals surface area contributed by atoms with E-state index in [0.717, 1.165) is 42.3 Å². The summed E-state index contributed by atoms with van der Waals surface area (Å²) in [6.07, 6.45) is 3.44. The van der Waals surface area contributed by atoms with Gasteiger partial charge in [0.15, 0.2) is 5.54 Å². The normalized spacial score (nSPS) is 22.2. The molecule has 45 heavy (non-hydrogen) atoms. The maximum absolute atomic E-state index is 15.3. The predicted molar refractivity (Wildman–Crippen MR) is 174 cm³/mol. The fourth-order valence-electron chi connectivity index (χ4n) is 7.04. The molecule has 3 heterocycles. The van der Waals surface area contributed by atoms with Crippen molar-refractivity contribution in [2.45, 2.75) is 48.7 Å². The summed E-state index contributed by atoms with van der Waals surface area (Å²) in [5, 5.41) is 0.694. The molecule has 2 amide bonds. The molecular weight excluding hydrogens is 635 g/mol. The molecule has 0 spiro atoms. The number of sulfonamides is 1. The van der Waals surface area contributed by atoms with Crippen LogP contribution in [0.3, 0.4) is 0 Å². The van der Waals surface area contributed by atoms with Gasteiger partial charge in [0.2, 0.25) is 5.91 Å². The number of nitrogens with zero attached hydrogens (tertiary/aromatic N) is 4. The van der Waals surface area contributed by atoms with Crippen LogP contribution in [0.25, 0.3) is 0 Å². The lowest BCUT2D eigenvalue weighted by Crippen LogP contribution is -2.59. The predicted octanol–water partition coefficient (Wildman–Crippen LogP) is 5.13. The van der Waals surface area contributed by atoms with Gasteiger partial charge in [-0.3, -0.25) is 19.4 Å². The summed E-state index contributed by atoms with van der Waals surface area (Å²) in [5.41, 5.74) is 0.282. The molecule has 0 aliphatic carbocycles. The van der Waals surface area contributed by atoms with E-state index in [-0.39, 0.29) is 16.5 Å². The zero-order valence-corrected chi connectivity index (χ0v) is 27.8. The molecule has 0 saturated carbocycles. The minimum absolute atomic E-state index is 0.0905. The quantitative estimate of drug-likeness (QED) is 0.328. The van der Waals surface area contributed by atoms with Crippen LogP contribution >= 0.6 is 23.2 Å². The number of carbonyl (C=O) groups is 2. The molecule has 238 valence electrons. The summed E-state index contributed by atoms with van der Waals surface area (Å²) in [6, 6.07) is 15.5. The second kappa shape index (κ2) is 12.2. The maximum atomic E-state index is 15.3. The van der Waals surface area contributed by atoms with Crippen molar-refractivity contribution in [3.63, 3.8) is 0 Å². The Morgan fingerprint density at radius 2 is 1.62 bits per heavy atom. The number of benzene rings is 3. The Morgan fingerprint density at radius 1 is 0.933 bits per heavy atom. The SMILES string of the molecule is COc1cc(CN2CCCC2)ccc1[C@]1(N2CCCC2C(=O)N(C)C)C(=O)N(S(=O)(=O)c2ccc(Cl)cc2)c2ccc(Cl)cc21. The number of methoxy groups -OCH3 is 1. The van der Waals surface area contributed by atoms with E-state index in [1.165, 1.54) is 29.2 Å². The van der Waals surface area contributed by atoms with E-state index in [4.69, 9.17) is 27.9 Å². The van der Waals surface area contributed by atoms with E-state index in [0.29, 0.717) is 46.3 Å². The van der Waals surface area contributed by atoms with Gasteiger partial charge in [0, 0.05) is 48.4 Å². The van der Waals surface area contributed by atoms with Crippen LogP contribution in [0.4, 0.5) is 5.69 Å². The van der Waals surface area contributed by atoms with Gasteiger partial charge in [0.05, 0.1) is 23.7 Å². The van der Waals surface area contributed by atoms with Crippen LogP contribution < -0.4 is 9.04 Å². The molecule has 3 aromatic carbocycles. The number of halogens is 2. The summed E-state index contributed by atoms with van der Waals surface area (Å²) < 4.78 is 35.6. The van der Waals surface area contributed by atoms with E-state index >= 15 is 4.79 Å². The third-order valence-electron chi connectivity index (χ3n) is 9.08. The minimum Gasteiger partial charge on any atom is -0.496 e. The Bertz CT molecular complexity index is 1740. The number of anilines is 1. The third-order valence-corrected chi connectivity index (χ3v) is 11.3. The van der Waals surface area contributed by atoms with Crippen molar-refractivity contribution in [3.8, 4) is 5.75 Å². The standard InChI is InChI=1S/C33H36Cl2N4O5S/c1-36(2)31(40)29-7-6-18-38(29)33(26-14-8-22(19-30(26)44-3)21-37-16-4-5-17-37)27-20-24(35)11-15-28(27)39(32(33)41)45(42,43)25-12-9-23(34)10-13-25/h8-15,19-20,29H,4-7,16-18,21H2,1-3H3/t29?,33-/m1/s1. The van der Waals surface area contributed by atoms with E-state index in [9.17, 15) is 13.2 Å². The Labute approximate surface area is 274 Å². The first-order valence-corrected chi connectivity index (χ1v) is 17.2. The zero-order chi connectivity index (χ0) is 32.1. The Balaban J connectivity index is 1.61. The summed E-state index contributed by atoms with van der Waals surface area (Å²) in [6.45, 7) is 3.12. The van der Waals surface area contributed by atoms with Crippen molar-refractivity contribution in [2.24, 2.45) is 0 Å². The van der Waals surface area contributed by atoms with Gasteiger partial charge in [-0.25, -0.2) is 12.7 Å². The average Bonchev–Trinajstić information content (AvgIpc) is 3.76. The van der Waals surface area contributed by atoms with Crippen LogP contribution in [0.2, 0.25) is 10.0 Å². The first-order chi connectivity index (χ1) is 21.5. The zero-order valence-electron chi connectivity index (χ0n) is 25.5. The van der Waals surface area contributed by atoms with Gasteiger partial charge in [0.25, 0.3) is 15.9 Å². The van der Waals surface area contributed by atoms with Crippen LogP contribution in [0.1, 0.15) is 42.4 Å². The second-order valence-corrected chi connectivity index (χ2v) is 14.7. The minimum atomic E-state index is -4.42. The van der Waals surface area contributed by atoms with Crippen LogP contribution in [-0.4, -0.2) is 81.8 Å². The highest BCUT2D eigenvalue weighted by Crippen LogP contribution is 2.55. The van der Waals surface area contributed by atoms with Gasteiger partial charge in [-0.1, -0.05) is 35.3 Å². The third kappa shape index (κ3) is 5.30. The van der Waals surface area contributed by atoms with Crippen LogP contribution in [0, 0.1) is 0 Å². The lowest BCUT2D eigenvalue weighted by Gasteiger charge is -2.42. The van der Waals surface area contributed by atoms with Gasteiger partial charge < -0.3 is 9.64 Å². The molecule has 0 N–H and O–H groups in total. The number of likely N-dealkylation sites (N-methyl/N-ethyl adjacent to an activating group) is 1. The highest BCUT2D eigenvalue weighted by Gasteiger charge is 2.63. The molecule has 6 rings (SSSR count). The maximum Gasteiger partial charge on any atom is 0.271 e. The fraction of sp³-hybridized carbons (Fsp3) is 0.394. The number of fused-ring (bicyclic) bond motifs is 1. The molecule has 12 heteroatoms. The van der Waals surface area contributed by atoms with E-state index in [1.54, 1.807) is 39.4 Å². The Kier molecular flexibility index (Phi) is 8.64. The van der Waals surface area contributed by atoms with E-state index < -0.39 is 27.5 Å². The lowest BCUT2D eigenvalue weighted by molar-refractivity contribution is -0.138. The van der Waals surface area contributed by atoms with Gasteiger partial charge in [0.1, 0.15) is 5.75 Å². The number of carbonyl (C=O) groups excluding carboxylic acids is 2. The van der Waals surface area contributed by atoms with Crippen molar-refractivity contribution >= 4 is 50.7 Å². The van der Waals surface area contributed by atoms with Crippen LogP contribution in [0.15, 0.2) is 65.6 Å². The highest BCUT2D eigenvalue weighted by atomic mass is 35.5. The molecule has 9 nitrogen and oxygen atoms in total. The van der Waals surface area contributed by atoms with Crippen molar-refractivity contribution < 1.29 is 22.7 Å². The average molecular weight is 672 g/mol. The number of likely N-dealkylation sites (tertiary alicyclic amines) is 2. The molecule has 0 radical (unpaired) electrons. The molecule has 2 fully saturated rings. The largest absolute Gasteiger partial charge is 0.496 e. The number of hydrogen-bond acceptors (Lipinski definition) is 7. The molecule has 3 aliphatic rings. The molecule has 2 atom stereocenters. The molecular formula is C33H36Cl2N4O5S. The first-order valence-electron chi connectivity index (χ1n) is 15.0. The van der Waals surface area contributed by atoms with E-state index in [1.807, 2.05) is 23.1 Å². The summed E-state index contributed by atoms with van der Waals surface area (Å²) >= 11 is 12.7. The molecule has 3 aliphatic heterocycles. The monoisotopic (exact) mass is 670 g/mol. The summed E-state index contributed by atoms with van der Waals surface area (Å²) in [4.78, 5) is 34.6. The Hall–Kier alpha value is -3.15. The molecule has 0 aromatic heterocycles. The second-order valence-electron chi connectivity index (χ2n) is 12.0. The molecule has 0 bridgehead atoms. The smallest absolute Gasteiger partial charge is 0.271 e. The number of hydrogen-bond donors (Lipinski definition) is 0. The highest BCUT2D eigenvalue weighted by molar-refractivity contribution is 7.93. The topological polar surface area (TPSA) is 90.5 Å². The lowest BCUT2D eigenvalue weighted by atomic mass is 9.80. The van der Waals surface area contributed by atoms with Gasteiger partial charge in [-0.2, -0.15) is 0 Å². The van der Waals surface area contributed by atoms with Crippen molar-refractivity contribution in [3.05, 3.63) is 87.4 Å². The van der Waals surface area contributed by atoms with Crippen molar-refractivity contribution in [1.29, 1.82) is 0 Å². The van der Waals surface area contributed by atoms with E-state index in [2.05, 4.69) is 4.90 Å². The van der Waals surface area contributed by atoms with Gasteiger partial charge >= 0.3 is 0 Å². The Morgan fingerprint density at radius 3 is 2.29 bits per heavy atom. The fourth-order valence-corrected chi connectivity index (χ4v) is 8.80. The number of rotatable bonds is 8.